The summed E-state index contributed by atoms with van der Waals surface area (Å²) in [6.45, 7) is 65.1. The molecule has 0 bridgehead atoms. The number of hydrogen-bond donors (Lipinski definition) is 0. The lowest BCUT2D eigenvalue weighted by Gasteiger charge is -2.05. The van der Waals surface area contributed by atoms with Gasteiger partial charge >= 0.3 is 0 Å². The zero-order valence-corrected chi connectivity index (χ0v) is 88.6. The maximum Gasteiger partial charge on any atom is 0.187 e. The maximum absolute atomic E-state index is 7.51. The van der Waals surface area contributed by atoms with Gasteiger partial charge in [0, 0.05) is 122 Å². The fourth-order valence-corrected chi connectivity index (χ4v) is 34.6. The van der Waals surface area contributed by atoms with Crippen LogP contribution in [0.4, 0.5) is 5.69 Å². The highest BCUT2D eigenvalue weighted by atomic mass is 79.9. The third-order valence-corrected chi connectivity index (χ3v) is 40.0. The third kappa shape index (κ3) is 22.2. The molecule has 122 heavy (non-hydrogen) atoms. The molecule has 1 aromatic carbocycles. The Hall–Kier alpha value is -4.71. The number of benzene rings is 1. The van der Waals surface area contributed by atoms with E-state index in [2.05, 4.69) is 375 Å². The third-order valence-electron chi connectivity index (χ3n) is 21.8. The summed E-state index contributed by atoms with van der Waals surface area (Å²) in [6.07, 6.45) is 12.7. The average molecular weight is 1920 g/mol. The van der Waals surface area contributed by atoms with Crippen LogP contribution in [0.2, 0.25) is 0 Å². The van der Waals surface area contributed by atoms with E-state index in [4.69, 9.17) is 6.57 Å². The van der Waals surface area contributed by atoms with Gasteiger partial charge in [0.1, 0.15) is 0 Å². The Morgan fingerprint density at radius 3 is 0.557 bits per heavy atom. The van der Waals surface area contributed by atoms with Crippen molar-refractivity contribution in [2.24, 2.45) is 71.0 Å². The smallest absolute Gasteiger partial charge is 0.187 e. The van der Waals surface area contributed by atoms with E-state index in [0.717, 1.165) is 77.0 Å². The molecule has 644 valence electrons. The second-order valence-electron chi connectivity index (χ2n) is 39.5. The highest BCUT2D eigenvalue weighted by molar-refractivity contribution is 9.11. The number of rotatable bonds is 37. The second kappa shape index (κ2) is 40.5. The Bertz CT molecular complexity index is 5930. The van der Waals surface area contributed by atoms with Crippen molar-refractivity contribution in [3.8, 4) is 127 Å². The molecule has 13 aromatic heterocycles. The van der Waals surface area contributed by atoms with Crippen LogP contribution in [-0.2, 0) is 77.0 Å². The number of halogens is 1. The Kier molecular flexibility index (Phi) is 31.0. The molecule has 1 nitrogen and oxygen atoms in total. The Morgan fingerprint density at radius 1 is 0.197 bits per heavy atom. The molecule has 0 spiro atoms. The molecular formula is C107H126BrNS13. The fraction of sp³-hybridized carbons (Fsp3) is 0.449. The minimum atomic E-state index is 0.515. The van der Waals surface area contributed by atoms with Crippen LogP contribution in [0.25, 0.3) is 132 Å². The van der Waals surface area contributed by atoms with Gasteiger partial charge in [0.25, 0.3) is 0 Å². The van der Waals surface area contributed by atoms with Crippen molar-refractivity contribution in [1.82, 2.24) is 0 Å². The normalized spacial score (nSPS) is 12.4. The lowest BCUT2D eigenvalue weighted by atomic mass is 9.98. The second-order valence-corrected chi connectivity index (χ2v) is 54.6. The predicted octanol–water partition coefficient (Wildman–Crippen LogP) is 39.9. The Labute approximate surface area is 793 Å². The first kappa shape index (κ1) is 93.4. The van der Waals surface area contributed by atoms with Crippen LogP contribution >= 0.6 is 163 Å². The van der Waals surface area contributed by atoms with Crippen LogP contribution in [0.3, 0.4) is 0 Å². The van der Waals surface area contributed by atoms with Crippen molar-refractivity contribution in [2.75, 3.05) is 0 Å². The molecule has 0 N–H and O–H groups in total. The summed E-state index contributed by atoms with van der Waals surface area (Å²) in [4.78, 5) is 39.4. The molecule has 0 aliphatic carbocycles. The quantitative estimate of drug-likeness (QED) is 0.0342. The molecule has 0 aliphatic heterocycles. The summed E-state index contributed by atoms with van der Waals surface area (Å²) >= 11 is 30.5. The van der Waals surface area contributed by atoms with Gasteiger partial charge in [0.15, 0.2) is 5.69 Å². The van der Waals surface area contributed by atoms with E-state index in [0.29, 0.717) is 76.7 Å². The van der Waals surface area contributed by atoms with Crippen molar-refractivity contribution >= 4 is 169 Å². The van der Waals surface area contributed by atoms with Crippen LogP contribution in [0, 0.1) is 77.6 Å². The fourth-order valence-electron chi connectivity index (χ4n) is 17.2. The van der Waals surface area contributed by atoms with Gasteiger partial charge in [0.05, 0.1) is 10.4 Å². The van der Waals surface area contributed by atoms with Crippen LogP contribution in [0.1, 0.15) is 233 Å². The Balaban J connectivity index is 0.820. The number of hydrogen-bond acceptors (Lipinski definition) is 13. The van der Waals surface area contributed by atoms with Gasteiger partial charge in [-0.05, 0) is 321 Å². The lowest BCUT2D eigenvalue weighted by Crippen LogP contribution is -1.94. The largest absolute Gasteiger partial charge is 0.238 e. The van der Waals surface area contributed by atoms with Crippen LogP contribution in [-0.4, -0.2) is 0 Å². The minimum Gasteiger partial charge on any atom is -0.238 e. The van der Waals surface area contributed by atoms with Crippen molar-refractivity contribution in [3.05, 3.63) is 191 Å². The summed E-state index contributed by atoms with van der Waals surface area (Å²) in [5.41, 5.74) is 19.8. The van der Waals surface area contributed by atoms with Gasteiger partial charge in [-0.2, -0.15) is 0 Å². The van der Waals surface area contributed by atoms with Crippen molar-refractivity contribution in [3.63, 3.8) is 0 Å². The molecule has 0 radical (unpaired) electrons. The molecule has 0 unspecified atom stereocenters. The molecule has 0 aliphatic rings. The monoisotopic (exact) mass is 1920 g/mol. The summed E-state index contributed by atoms with van der Waals surface area (Å²) in [7, 11) is 0. The minimum absolute atomic E-state index is 0.515. The highest BCUT2D eigenvalue weighted by Crippen LogP contribution is 2.58. The number of thiophene rings is 13. The van der Waals surface area contributed by atoms with Gasteiger partial charge in [0.2, 0.25) is 0 Å². The SMILES string of the molecule is [C-]#[N+]c1ccc(-c2ccc(-c3cc(CC(C)C)c(-c4cc(CC(C)C)c(-c5cc(CC(C)C)c(-c6cc(CC(C)C)c(-c7cc(CC(C)C)c(-c8cc(CC(C)C)c(-c9cc(CC(C)C)c(-c%10cc(CC(C)C)c(-c%11cc(CC(C)C)c(-c%12cc(CC(C)C)c(-c%13cc(CC(C)C)c(-c%14cc(CC(C)C)c(Br)s%14)s%13)s%12)s%11)s%10)s9)s8)s7)s6)s5)s4)s3)s2)cc1. The summed E-state index contributed by atoms with van der Waals surface area (Å²) in [5.74, 6) is 6.43. The standard InChI is InChI=1S/C107H126BrNS13/c1-56(2)32-69-44-84(83-31-30-82(110-83)68-26-28-81(109-25)29-27-68)111-96(69)85-45-70(33-57(3)4)97(112-85)86-46-71(34-58(5)6)98(113-86)87-47-72(35-59(7)8)99(114-87)88-48-73(36-60(9)10)100(115-88)89-49-74(37-61(11)12)101(116-89)90-50-75(38-62(13)14)102(117-90)91-51-76(39-63(15)16)103(118-91)92-52-77(40-64(17)18)104(119-92)93-53-78(41-65(19)20)105(120-93)94-54-79(42-66(21)22)106(121-94)95-55-80(43-67(23)24)107(108)122-95/h26-31,44-67H,32-43H2,1-24H3. The zero-order chi connectivity index (χ0) is 87.1. The maximum atomic E-state index is 7.51. The molecule has 13 heterocycles. The van der Waals surface area contributed by atoms with Gasteiger partial charge in [-0.3, -0.25) is 0 Å². The van der Waals surface area contributed by atoms with E-state index in [1.807, 2.05) is 68.8 Å². The number of nitrogens with zero attached hydrogens (tertiary/aromatic N) is 1. The molecule has 14 aromatic rings. The van der Waals surface area contributed by atoms with E-state index >= 15 is 0 Å². The molecule has 0 saturated heterocycles. The molecule has 0 amide bonds. The first-order chi connectivity index (χ1) is 58.0. The topological polar surface area (TPSA) is 4.36 Å². The molecule has 0 saturated carbocycles. The van der Waals surface area contributed by atoms with E-state index in [9.17, 15) is 0 Å². The van der Waals surface area contributed by atoms with E-state index in [-0.39, 0.29) is 0 Å². The van der Waals surface area contributed by atoms with E-state index in [1.165, 1.54) is 198 Å². The summed E-state index contributed by atoms with van der Waals surface area (Å²) in [6, 6.07) is 43.9. The average Bonchev–Trinajstić information content (AvgIpc) is 1.61. The summed E-state index contributed by atoms with van der Waals surface area (Å²) < 4.78 is 1.29. The lowest BCUT2D eigenvalue weighted by molar-refractivity contribution is 0.647. The van der Waals surface area contributed by atoms with Gasteiger partial charge in [-0.15, -0.1) is 147 Å². The predicted molar refractivity (Wildman–Crippen MR) is 566 cm³/mol. The Morgan fingerprint density at radius 2 is 0.361 bits per heavy atom. The van der Waals surface area contributed by atoms with E-state index in [1.54, 1.807) is 0 Å². The molecule has 0 fully saturated rings. The molecular weight excluding hydrogens is 1800 g/mol. The highest BCUT2D eigenvalue weighted by Gasteiger charge is 2.31. The van der Waals surface area contributed by atoms with Crippen LogP contribution in [0.15, 0.2) is 113 Å². The van der Waals surface area contributed by atoms with Crippen LogP contribution < -0.4 is 0 Å². The summed E-state index contributed by atoms with van der Waals surface area (Å²) in [5, 5.41) is 0. The van der Waals surface area contributed by atoms with Crippen molar-refractivity contribution < 1.29 is 0 Å². The van der Waals surface area contributed by atoms with Gasteiger partial charge in [-0.25, -0.2) is 4.85 Å². The first-order valence-corrected chi connectivity index (χ1v) is 56.3. The van der Waals surface area contributed by atoms with Crippen molar-refractivity contribution in [1.29, 1.82) is 0 Å². The van der Waals surface area contributed by atoms with E-state index < -0.39 is 0 Å². The molecule has 14 rings (SSSR count). The van der Waals surface area contributed by atoms with Crippen LogP contribution in [0.5, 0.6) is 0 Å². The molecule has 15 heteroatoms. The van der Waals surface area contributed by atoms with Gasteiger partial charge < -0.3 is 0 Å². The van der Waals surface area contributed by atoms with Gasteiger partial charge in [-0.1, -0.05) is 190 Å². The first-order valence-electron chi connectivity index (χ1n) is 44.9. The zero-order valence-electron chi connectivity index (χ0n) is 76.4. The van der Waals surface area contributed by atoms with Crippen molar-refractivity contribution in [2.45, 2.75) is 243 Å². The molecule has 0 atom stereocenters.